The minimum Gasteiger partial charge on any atom is -0.461 e. The van der Waals surface area contributed by atoms with Crippen LogP contribution in [0.4, 0.5) is 0 Å². The Labute approximate surface area is 109 Å². The quantitative estimate of drug-likeness (QED) is 0.602. The number of nitrogens with two attached hydrogens (primary N) is 1. The number of carbonyl (C=O) groups excluding carboxylic acids is 1. The fourth-order valence-corrected chi connectivity index (χ4v) is 1.57. The van der Waals surface area contributed by atoms with E-state index < -0.39 is 11.5 Å². The molecule has 3 N–H and O–H groups in total. The van der Waals surface area contributed by atoms with Gasteiger partial charge in [0.15, 0.2) is 5.69 Å². The summed E-state index contributed by atoms with van der Waals surface area (Å²) in [6.45, 7) is 0.0840. The van der Waals surface area contributed by atoms with Crippen molar-refractivity contribution in [2.45, 2.75) is 24.8 Å². The summed E-state index contributed by atoms with van der Waals surface area (Å²) in [5, 5.41) is 8.74. The first-order valence-electron chi connectivity index (χ1n) is 5.67. The Bertz CT molecular complexity index is 463. The molecule has 18 heavy (non-hydrogen) atoms. The number of aliphatic hydroxyl groups is 1. The third-order valence-electron chi connectivity index (χ3n) is 2.71. The number of esters is 1. The highest BCUT2D eigenvalue weighted by molar-refractivity contribution is 6.33. The summed E-state index contributed by atoms with van der Waals surface area (Å²) in [5.41, 5.74) is 5.46. The second-order valence-corrected chi connectivity index (χ2v) is 4.67. The van der Waals surface area contributed by atoms with Gasteiger partial charge in [-0.25, -0.2) is 14.8 Å². The first-order chi connectivity index (χ1) is 8.57. The predicted molar refractivity (Wildman–Crippen MR) is 64.1 cm³/mol. The van der Waals surface area contributed by atoms with Crippen molar-refractivity contribution in [3.05, 3.63) is 22.7 Å². The minimum atomic E-state index is -0.624. The molecule has 6 nitrogen and oxygen atoms in total. The monoisotopic (exact) mass is 271 g/mol. The van der Waals surface area contributed by atoms with E-state index in [1.165, 1.54) is 6.20 Å². The number of aliphatic hydroxyl groups excluding tert-OH is 1. The van der Waals surface area contributed by atoms with E-state index in [1.807, 2.05) is 0 Å². The van der Waals surface area contributed by atoms with Gasteiger partial charge in [-0.15, -0.1) is 0 Å². The molecule has 1 aromatic heterocycles. The van der Waals surface area contributed by atoms with Crippen LogP contribution in [0.25, 0.3) is 0 Å². The van der Waals surface area contributed by atoms with E-state index >= 15 is 0 Å². The van der Waals surface area contributed by atoms with Gasteiger partial charge in [0.05, 0.1) is 23.4 Å². The van der Waals surface area contributed by atoms with Crippen LogP contribution in [0, 0.1) is 0 Å². The Morgan fingerprint density at radius 2 is 2.33 bits per heavy atom. The van der Waals surface area contributed by atoms with Gasteiger partial charge in [0, 0.05) is 13.0 Å². The molecule has 98 valence electrons. The van der Waals surface area contributed by atoms with E-state index in [0.29, 0.717) is 12.2 Å². The first kappa shape index (κ1) is 13.2. The van der Waals surface area contributed by atoms with Crippen molar-refractivity contribution in [3.63, 3.8) is 0 Å². The SMILES string of the molecule is NC1(c2ncc(Cl)c(C(=O)OCCCO)n2)CC1. The van der Waals surface area contributed by atoms with E-state index in [4.69, 9.17) is 27.2 Å². The van der Waals surface area contributed by atoms with Crippen molar-refractivity contribution in [1.82, 2.24) is 9.97 Å². The zero-order valence-corrected chi connectivity index (χ0v) is 10.5. The molecule has 1 fully saturated rings. The summed E-state index contributed by atoms with van der Waals surface area (Å²) in [5.74, 6) is -0.206. The summed E-state index contributed by atoms with van der Waals surface area (Å²) < 4.78 is 4.92. The van der Waals surface area contributed by atoms with Crippen LogP contribution in [0.3, 0.4) is 0 Å². The largest absolute Gasteiger partial charge is 0.461 e. The van der Waals surface area contributed by atoms with Gasteiger partial charge in [-0.1, -0.05) is 11.6 Å². The summed E-state index contributed by atoms with van der Waals surface area (Å²) >= 11 is 5.86. The predicted octanol–water partition coefficient (Wildman–Crippen LogP) is 0.617. The second-order valence-electron chi connectivity index (χ2n) is 4.26. The standard InChI is InChI=1S/C11H14ClN3O3/c12-7-6-14-10(11(13)2-3-11)15-8(7)9(17)18-5-1-4-16/h6,16H,1-5,13H2. The number of ether oxygens (including phenoxy) is 1. The maximum absolute atomic E-state index is 11.7. The van der Waals surface area contributed by atoms with Crippen LogP contribution in [0.1, 0.15) is 35.6 Å². The number of carbonyl (C=O) groups is 1. The third-order valence-corrected chi connectivity index (χ3v) is 2.98. The van der Waals surface area contributed by atoms with Crippen LogP contribution < -0.4 is 5.73 Å². The van der Waals surface area contributed by atoms with Crippen molar-refractivity contribution < 1.29 is 14.6 Å². The molecule has 1 saturated carbocycles. The summed E-state index contributed by atoms with van der Waals surface area (Å²) in [7, 11) is 0. The van der Waals surface area contributed by atoms with Crippen molar-refractivity contribution in [3.8, 4) is 0 Å². The fourth-order valence-electron chi connectivity index (χ4n) is 1.41. The van der Waals surface area contributed by atoms with Crippen LogP contribution in [-0.4, -0.2) is 34.3 Å². The number of rotatable bonds is 5. The minimum absolute atomic E-state index is 0.0244. The zero-order chi connectivity index (χ0) is 13.2. The van der Waals surface area contributed by atoms with Gasteiger partial charge in [-0.05, 0) is 12.8 Å². The van der Waals surface area contributed by atoms with E-state index in [-0.39, 0.29) is 23.9 Å². The van der Waals surface area contributed by atoms with Gasteiger partial charge >= 0.3 is 5.97 Å². The molecule has 0 unspecified atom stereocenters. The van der Waals surface area contributed by atoms with E-state index in [9.17, 15) is 4.79 Å². The lowest BCUT2D eigenvalue weighted by Gasteiger charge is -2.09. The maximum atomic E-state index is 11.7. The van der Waals surface area contributed by atoms with Gasteiger partial charge < -0.3 is 15.6 Å². The van der Waals surface area contributed by atoms with Crippen LogP contribution in [0.2, 0.25) is 5.02 Å². The summed E-state index contributed by atoms with van der Waals surface area (Å²) in [4.78, 5) is 19.8. The molecule has 0 radical (unpaired) electrons. The molecular formula is C11H14ClN3O3. The van der Waals surface area contributed by atoms with Crippen molar-refractivity contribution >= 4 is 17.6 Å². The molecule has 1 aliphatic rings. The number of aromatic nitrogens is 2. The Hall–Kier alpha value is -1.24. The molecule has 1 aromatic rings. The molecule has 7 heteroatoms. The fraction of sp³-hybridized carbons (Fsp3) is 0.545. The first-order valence-corrected chi connectivity index (χ1v) is 6.04. The Kier molecular flexibility index (Phi) is 3.79. The molecule has 0 atom stereocenters. The van der Waals surface area contributed by atoms with Crippen LogP contribution in [-0.2, 0) is 10.3 Å². The number of halogens is 1. The van der Waals surface area contributed by atoms with E-state index in [2.05, 4.69) is 9.97 Å². The van der Waals surface area contributed by atoms with Gasteiger partial charge in [0.2, 0.25) is 0 Å². The molecule has 2 rings (SSSR count). The highest BCUT2D eigenvalue weighted by Crippen LogP contribution is 2.40. The topological polar surface area (TPSA) is 98.3 Å². The third kappa shape index (κ3) is 2.77. The highest BCUT2D eigenvalue weighted by Gasteiger charge is 2.43. The van der Waals surface area contributed by atoms with Crippen LogP contribution in [0.15, 0.2) is 6.20 Å². The molecule has 0 spiro atoms. The van der Waals surface area contributed by atoms with E-state index in [1.54, 1.807) is 0 Å². The summed E-state index contributed by atoms with van der Waals surface area (Å²) in [6, 6.07) is 0. The lowest BCUT2D eigenvalue weighted by Crippen LogP contribution is -2.24. The maximum Gasteiger partial charge on any atom is 0.358 e. The smallest absolute Gasteiger partial charge is 0.358 e. The molecule has 0 saturated heterocycles. The molecule has 0 aliphatic heterocycles. The van der Waals surface area contributed by atoms with Crippen molar-refractivity contribution in [2.24, 2.45) is 5.73 Å². The average Bonchev–Trinajstić information content (AvgIpc) is 3.09. The number of nitrogens with zero attached hydrogens (tertiary/aromatic N) is 2. The summed E-state index contributed by atoms with van der Waals surface area (Å²) in [6.07, 6.45) is 3.34. The molecule has 1 heterocycles. The zero-order valence-electron chi connectivity index (χ0n) is 9.73. The highest BCUT2D eigenvalue weighted by atomic mass is 35.5. The Balaban J connectivity index is 2.13. The van der Waals surface area contributed by atoms with Crippen LogP contribution >= 0.6 is 11.6 Å². The normalized spacial score (nSPS) is 16.4. The number of hydrogen-bond donors (Lipinski definition) is 2. The Morgan fingerprint density at radius 3 is 2.94 bits per heavy atom. The van der Waals surface area contributed by atoms with Crippen molar-refractivity contribution in [2.75, 3.05) is 13.2 Å². The van der Waals surface area contributed by atoms with Gasteiger partial charge in [0.25, 0.3) is 0 Å². The molecule has 0 aromatic carbocycles. The lowest BCUT2D eigenvalue weighted by atomic mass is 10.2. The molecule has 1 aliphatic carbocycles. The van der Waals surface area contributed by atoms with Gasteiger partial charge in [0.1, 0.15) is 5.82 Å². The van der Waals surface area contributed by atoms with Gasteiger partial charge in [-0.3, -0.25) is 0 Å². The van der Waals surface area contributed by atoms with Crippen molar-refractivity contribution in [1.29, 1.82) is 0 Å². The van der Waals surface area contributed by atoms with Crippen LogP contribution in [0.5, 0.6) is 0 Å². The Morgan fingerprint density at radius 1 is 1.61 bits per heavy atom. The molecular weight excluding hydrogens is 258 g/mol. The van der Waals surface area contributed by atoms with E-state index in [0.717, 1.165) is 12.8 Å². The molecule has 0 bridgehead atoms. The lowest BCUT2D eigenvalue weighted by molar-refractivity contribution is 0.0475. The molecule has 0 amide bonds. The average molecular weight is 272 g/mol. The second kappa shape index (κ2) is 5.17. The van der Waals surface area contributed by atoms with Gasteiger partial charge in [-0.2, -0.15) is 0 Å². The number of hydrogen-bond acceptors (Lipinski definition) is 6.